The first-order chi connectivity index (χ1) is 13.7. The summed E-state index contributed by atoms with van der Waals surface area (Å²) in [5.41, 5.74) is 4.07. The van der Waals surface area contributed by atoms with Gasteiger partial charge in [-0.3, -0.25) is 0 Å². The molecule has 0 amide bonds. The molecule has 0 atom stereocenters. The largest absolute Gasteiger partial charge is 0.456 e. The summed E-state index contributed by atoms with van der Waals surface area (Å²) < 4.78 is 7.32. The fourth-order valence-corrected chi connectivity index (χ4v) is 4.36. The Morgan fingerprint density at radius 1 is 0.964 bits per heavy atom. The number of H-pyrrole nitrogens is 1. The van der Waals surface area contributed by atoms with Gasteiger partial charge in [-0.2, -0.15) is 0 Å². The van der Waals surface area contributed by atoms with Crippen LogP contribution >= 0.6 is 22.9 Å². The van der Waals surface area contributed by atoms with Crippen LogP contribution in [0, 0.1) is 6.92 Å². The number of benzene rings is 3. The zero-order chi connectivity index (χ0) is 19.1. The third-order valence-corrected chi connectivity index (χ3v) is 5.75. The third kappa shape index (κ3) is 3.21. The Hall–Kier alpha value is -2.95. The molecule has 2 aromatic heterocycles. The summed E-state index contributed by atoms with van der Waals surface area (Å²) >= 11 is 7.88. The number of halogens is 1. The van der Waals surface area contributed by atoms with Crippen molar-refractivity contribution in [3.63, 3.8) is 0 Å². The van der Waals surface area contributed by atoms with Gasteiger partial charge in [-0.05, 0) is 59.1 Å². The quantitative estimate of drug-likeness (QED) is 0.339. The molecule has 1 N–H and O–H groups in total. The zero-order valence-corrected chi connectivity index (χ0v) is 16.6. The molecule has 5 rings (SSSR count). The molecule has 0 aliphatic heterocycles. The summed E-state index contributed by atoms with van der Waals surface area (Å²) in [4.78, 5) is 8.31. The molecule has 0 radical (unpaired) electrons. The smallest absolute Gasteiger partial charge is 0.381 e. The average molecular weight is 404 g/mol. The maximum atomic E-state index is 6.24. The molecule has 0 unspecified atom stereocenters. The molecule has 136 valence electrons. The van der Waals surface area contributed by atoms with Gasteiger partial charge in [0.05, 0.1) is 10.1 Å². The topological polar surface area (TPSA) is 39.6 Å². The molecule has 0 fully saturated rings. The standard InChI is InChI=1S/C23H15ClN2OS/c1-14-7-9-18-22(11-14)28-23(25-18)26-19-13-21(15-5-3-2-4-6-15)27-20-10-8-16(24)12-17(19)20/h2-13H,1H3/p+1. The second kappa shape index (κ2) is 6.89. The van der Waals surface area contributed by atoms with E-state index in [2.05, 4.69) is 30.1 Å². The van der Waals surface area contributed by atoms with Crippen LogP contribution in [0.5, 0.6) is 0 Å². The van der Waals surface area contributed by atoms with Crippen molar-refractivity contribution in [3.05, 3.63) is 88.7 Å². The predicted octanol–water partition coefficient (Wildman–Crippen LogP) is 6.32. The van der Waals surface area contributed by atoms with Crippen LogP contribution in [0.2, 0.25) is 5.02 Å². The van der Waals surface area contributed by atoms with Gasteiger partial charge in [-0.1, -0.05) is 48.0 Å². The van der Waals surface area contributed by atoms with Crippen LogP contribution in [0.15, 0.2) is 82.2 Å². The van der Waals surface area contributed by atoms with Gasteiger partial charge < -0.3 is 4.42 Å². The molecule has 0 saturated carbocycles. The van der Waals surface area contributed by atoms with Crippen LogP contribution in [0.4, 0.5) is 5.13 Å². The fraction of sp³-hybridized carbons (Fsp3) is 0.0435. The molecule has 3 aromatic carbocycles. The maximum absolute atomic E-state index is 6.24. The van der Waals surface area contributed by atoms with Crippen molar-refractivity contribution in [1.29, 1.82) is 0 Å². The van der Waals surface area contributed by atoms with Gasteiger partial charge in [-0.25, -0.2) is 4.98 Å². The number of hydrogen-bond donors (Lipinski definition) is 0. The van der Waals surface area contributed by atoms with E-state index in [0.717, 1.165) is 38.3 Å². The number of nitrogens with one attached hydrogen (secondary N) is 1. The molecule has 5 heteroatoms. The second-order valence-corrected chi connectivity index (χ2v) is 8.11. The van der Waals surface area contributed by atoms with Gasteiger partial charge in [-0.15, -0.1) is 0 Å². The predicted molar refractivity (Wildman–Crippen MR) is 115 cm³/mol. The number of hydrogen-bond acceptors (Lipinski definition) is 3. The van der Waals surface area contributed by atoms with E-state index in [1.807, 2.05) is 54.6 Å². The van der Waals surface area contributed by atoms with Crippen molar-refractivity contribution in [1.82, 2.24) is 0 Å². The van der Waals surface area contributed by atoms with Crippen molar-refractivity contribution < 1.29 is 9.40 Å². The molecule has 0 aliphatic rings. The average Bonchev–Trinajstić information content (AvgIpc) is 3.10. The third-order valence-electron chi connectivity index (χ3n) is 4.57. The molecule has 3 nitrogen and oxygen atoms in total. The summed E-state index contributed by atoms with van der Waals surface area (Å²) in [6, 6.07) is 24.0. The highest BCUT2D eigenvalue weighted by molar-refractivity contribution is 7.21. The van der Waals surface area contributed by atoms with Crippen molar-refractivity contribution in [3.8, 4) is 11.3 Å². The second-order valence-electron chi connectivity index (χ2n) is 6.65. The summed E-state index contributed by atoms with van der Waals surface area (Å²) in [6.07, 6.45) is 0. The first kappa shape index (κ1) is 17.2. The lowest BCUT2D eigenvalue weighted by Gasteiger charge is -2.03. The van der Waals surface area contributed by atoms with Crippen molar-refractivity contribution in [2.45, 2.75) is 6.92 Å². The number of nitrogens with zero attached hydrogens (tertiary/aromatic N) is 1. The van der Waals surface area contributed by atoms with Gasteiger partial charge in [0.15, 0.2) is 5.36 Å². The summed E-state index contributed by atoms with van der Waals surface area (Å²) in [6.45, 7) is 2.09. The fourth-order valence-electron chi connectivity index (χ4n) is 3.20. The first-order valence-corrected chi connectivity index (χ1v) is 10.1. The highest BCUT2D eigenvalue weighted by Gasteiger charge is 2.13. The van der Waals surface area contributed by atoms with Gasteiger partial charge in [0.25, 0.3) is 0 Å². The molecule has 0 saturated heterocycles. The highest BCUT2D eigenvalue weighted by atomic mass is 35.5. The molecule has 2 heterocycles. The van der Waals surface area contributed by atoms with Gasteiger partial charge in [0.1, 0.15) is 16.9 Å². The minimum absolute atomic E-state index is 0.655. The summed E-state index contributed by atoms with van der Waals surface area (Å²) in [7, 11) is 0. The van der Waals surface area contributed by atoms with E-state index >= 15 is 0 Å². The van der Waals surface area contributed by atoms with Crippen molar-refractivity contribution >= 4 is 49.3 Å². The van der Waals surface area contributed by atoms with E-state index in [1.54, 1.807) is 11.3 Å². The minimum Gasteiger partial charge on any atom is -0.456 e. The van der Waals surface area contributed by atoms with E-state index in [9.17, 15) is 0 Å². The Kier molecular flexibility index (Phi) is 4.23. The number of rotatable bonds is 2. The number of aromatic nitrogens is 1. The van der Waals surface area contributed by atoms with Crippen LogP contribution in [-0.2, 0) is 0 Å². The molecule has 0 bridgehead atoms. The molecular weight excluding hydrogens is 388 g/mol. The van der Waals surface area contributed by atoms with Crippen LogP contribution in [-0.4, -0.2) is 0 Å². The number of aromatic amines is 1. The van der Waals surface area contributed by atoms with E-state index < -0.39 is 0 Å². The Bertz CT molecular complexity index is 1390. The lowest BCUT2D eigenvalue weighted by atomic mass is 10.1. The maximum Gasteiger partial charge on any atom is 0.381 e. The van der Waals surface area contributed by atoms with Gasteiger partial charge in [0.2, 0.25) is 0 Å². The number of thiazole rings is 1. The monoisotopic (exact) mass is 403 g/mol. The van der Waals surface area contributed by atoms with Crippen LogP contribution < -0.4 is 10.3 Å². The van der Waals surface area contributed by atoms with Crippen molar-refractivity contribution in [2.24, 2.45) is 4.99 Å². The van der Waals surface area contributed by atoms with E-state index in [4.69, 9.17) is 21.0 Å². The molecule has 28 heavy (non-hydrogen) atoms. The van der Waals surface area contributed by atoms with Gasteiger partial charge in [0, 0.05) is 16.7 Å². The normalized spacial score (nSPS) is 12.1. The SMILES string of the molecule is Cc1ccc2[nH+]c(N=c3cc(-c4ccccc4)oc4ccc(Cl)cc34)sc2c1. The zero-order valence-electron chi connectivity index (χ0n) is 15.1. The lowest BCUT2D eigenvalue weighted by molar-refractivity contribution is -0.323. The first-order valence-electron chi connectivity index (χ1n) is 8.92. The lowest BCUT2D eigenvalue weighted by Crippen LogP contribution is -2.06. The van der Waals surface area contributed by atoms with Gasteiger partial charge >= 0.3 is 5.13 Å². The molecule has 5 aromatic rings. The Morgan fingerprint density at radius 2 is 1.82 bits per heavy atom. The Morgan fingerprint density at radius 3 is 2.68 bits per heavy atom. The van der Waals surface area contributed by atoms with E-state index in [0.29, 0.717) is 5.02 Å². The van der Waals surface area contributed by atoms with Crippen molar-refractivity contribution in [2.75, 3.05) is 0 Å². The molecule has 0 spiro atoms. The van der Waals surface area contributed by atoms with Crippen LogP contribution in [0.1, 0.15) is 5.56 Å². The minimum atomic E-state index is 0.655. The summed E-state index contributed by atoms with van der Waals surface area (Å²) in [5.74, 6) is 0.770. The van der Waals surface area contributed by atoms with E-state index in [1.165, 1.54) is 10.3 Å². The molecular formula is C23H16ClN2OS+. The Balaban J connectivity index is 1.78. The van der Waals surface area contributed by atoms with Crippen LogP contribution in [0.25, 0.3) is 32.5 Å². The molecule has 0 aliphatic carbocycles. The van der Waals surface area contributed by atoms with E-state index in [-0.39, 0.29) is 0 Å². The van der Waals surface area contributed by atoms with Crippen LogP contribution in [0.3, 0.4) is 0 Å². The highest BCUT2D eigenvalue weighted by Crippen LogP contribution is 2.27. The summed E-state index contributed by atoms with van der Waals surface area (Å²) in [5, 5.41) is 3.20. The number of fused-ring (bicyclic) bond motifs is 2. The Labute approximate surface area is 170 Å². The number of aryl methyl sites for hydroxylation is 1.